The molecule has 2 rings (SSSR count). The molecule has 26 heavy (non-hydrogen) atoms. The molecule has 1 aromatic rings. The van der Waals surface area contributed by atoms with Gasteiger partial charge in [-0.05, 0) is 58.9 Å². The van der Waals surface area contributed by atoms with Gasteiger partial charge in [-0.3, -0.25) is 0 Å². The Bertz CT molecular complexity index is 567. The fourth-order valence-electron chi connectivity index (χ4n) is 3.60. The molecule has 1 fully saturated rings. The quantitative estimate of drug-likeness (QED) is 0.488. The third-order valence-electron chi connectivity index (χ3n) is 4.90. The predicted molar refractivity (Wildman–Crippen MR) is 104 cm³/mol. The standard InChI is InChI=1S/C22H34O4/c1-18(13-15-23)11-12-20-22(4,26-21(2,3)25-20)14-8-16-24-17-19-9-6-5-7-10-19/h5-7,9-10,13,20,23H,8,11-12,14-17H2,1-4H3/b18-13+/t20-,22+/m1/s1. The van der Waals surface area contributed by atoms with Gasteiger partial charge in [-0.15, -0.1) is 0 Å². The minimum Gasteiger partial charge on any atom is -0.392 e. The van der Waals surface area contributed by atoms with Crippen molar-refractivity contribution in [1.29, 1.82) is 0 Å². The minimum atomic E-state index is -0.557. The fraction of sp³-hybridized carbons (Fsp3) is 0.636. The molecule has 0 aliphatic carbocycles. The zero-order valence-electron chi connectivity index (χ0n) is 16.7. The van der Waals surface area contributed by atoms with E-state index in [9.17, 15) is 0 Å². The minimum absolute atomic E-state index is 0.0497. The van der Waals surface area contributed by atoms with Gasteiger partial charge in [0.25, 0.3) is 0 Å². The lowest BCUT2D eigenvalue weighted by atomic mass is 9.89. The molecule has 146 valence electrons. The summed E-state index contributed by atoms with van der Waals surface area (Å²) in [7, 11) is 0. The lowest BCUT2D eigenvalue weighted by Gasteiger charge is -2.29. The second kappa shape index (κ2) is 9.65. The second-order valence-electron chi connectivity index (χ2n) is 7.83. The van der Waals surface area contributed by atoms with Crippen molar-refractivity contribution in [3.8, 4) is 0 Å². The van der Waals surface area contributed by atoms with Crippen molar-refractivity contribution in [2.75, 3.05) is 13.2 Å². The normalized spacial score (nSPS) is 25.6. The second-order valence-corrected chi connectivity index (χ2v) is 7.83. The smallest absolute Gasteiger partial charge is 0.164 e. The van der Waals surface area contributed by atoms with Gasteiger partial charge in [-0.2, -0.15) is 0 Å². The van der Waals surface area contributed by atoms with Crippen LogP contribution in [0.3, 0.4) is 0 Å². The Hall–Kier alpha value is -1.20. The highest BCUT2D eigenvalue weighted by Gasteiger charge is 2.49. The number of ether oxygens (including phenoxy) is 3. The summed E-state index contributed by atoms with van der Waals surface area (Å²) in [5.74, 6) is -0.557. The highest BCUT2D eigenvalue weighted by atomic mass is 16.8. The maximum atomic E-state index is 9.02. The number of aliphatic hydroxyl groups is 1. The van der Waals surface area contributed by atoms with Crippen LogP contribution in [0.25, 0.3) is 0 Å². The summed E-state index contributed by atoms with van der Waals surface area (Å²) in [6.07, 6.45) is 5.55. The van der Waals surface area contributed by atoms with Crippen LogP contribution in [-0.2, 0) is 20.8 Å². The largest absolute Gasteiger partial charge is 0.392 e. The van der Waals surface area contributed by atoms with Gasteiger partial charge >= 0.3 is 0 Å². The lowest BCUT2D eigenvalue weighted by Crippen LogP contribution is -2.37. The molecular weight excluding hydrogens is 328 g/mol. The van der Waals surface area contributed by atoms with E-state index >= 15 is 0 Å². The van der Waals surface area contributed by atoms with Crippen LogP contribution in [-0.4, -0.2) is 35.8 Å². The summed E-state index contributed by atoms with van der Waals surface area (Å²) in [6.45, 7) is 9.61. The zero-order valence-corrected chi connectivity index (χ0v) is 16.7. The Morgan fingerprint density at radius 1 is 1.23 bits per heavy atom. The van der Waals surface area contributed by atoms with E-state index in [0.717, 1.165) is 25.7 Å². The molecule has 0 spiro atoms. The first-order chi connectivity index (χ1) is 12.3. The van der Waals surface area contributed by atoms with Gasteiger partial charge in [0.1, 0.15) is 0 Å². The lowest BCUT2D eigenvalue weighted by molar-refractivity contribution is -0.162. The third kappa shape index (κ3) is 6.51. The average Bonchev–Trinajstić information content (AvgIpc) is 2.82. The fourth-order valence-corrected chi connectivity index (χ4v) is 3.60. The Morgan fingerprint density at radius 2 is 1.96 bits per heavy atom. The summed E-state index contributed by atoms with van der Waals surface area (Å²) in [5, 5.41) is 9.02. The molecule has 1 heterocycles. The molecule has 1 aromatic carbocycles. The third-order valence-corrected chi connectivity index (χ3v) is 4.90. The molecule has 0 amide bonds. The van der Waals surface area contributed by atoms with Crippen LogP contribution < -0.4 is 0 Å². The Balaban J connectivity index is 1.80. The van der Waals surface area contributed by atoms with Crippen molar-refractivity contribution in [3.05, 3.63) is 47.5 Å². The maximum absolute atomic E-state index is 9.02. The monoisotopic (exact) mass is 362 g/mol. The number of aliphatic hydroxyl groups excluding tert-OH is 1. The molecule has 1 aliphatic heterocycles. The highest BCUT2D eigenvalue weighted by Crippen LogP contribution is 2.41. The van der Waals surface area contributed by atoms with Crippen LogP contribution in [0.4, 0.5) is 0 Å². The van der Waals surface area contributed by atoms with E-state index in [1.165, 1.54) is 11.1 Å². The first-order valence-electron chi connectivity index (χ1n) is 9.61. The Morgan fingerprint density at radius 3 is 2.65 bits per heavy atom. The number of allylic oxidation sites excluding steroid dienone is 1. The van der Waals surface area contributed by atoms with Crippen LogP contribution >= 0.6 is 0 Å². The van der Waals surface area contributed by atoms with E-state index in [1.807, 2.05) is 45.0 Å². The molecule has 1 saturated heterocycles. The van der Waals surface area contributed by atoms with Gasteiger partial charge in [-0.1, -0.05) is 42.0 Å². The summed E-state index contributed by atoms with van der Waals surface area (Å²) < 4.78 is 18.2. The van der Waals surface area contributed by atoms with Crippen molar-refractivity contribution in [2.24, 2.45) is 0 Å². The molecule has 1 aliphatic rings. The van der Waals surface area contributed by atoms with Gasteiger partial charge < -0.3 is 19.3 Å². The maximum Gasteiger partial charge on any atom is 0.164 e. The van der Waals surface area contributed by atoms with Crippen LogP contribution in [0, 0.1) is 0 Å². The van der Waals surface area contributed by atoms with Crippen molar-refractivity contribution in [2.45, 2.75) is 77.5 Å². The van der Waals surface area contributed by atoms with Gasteiger partial charge in [0, 0.05) is 6.61 Å². The average molecular weight is 363 g/mol. The topological polar surface area (TPSA) is 47.9 Å². The molecule has 0 bridgehead atoms. The van der Waals surface area contributed by atoms with Gasteiger partial charge in [0.05, 0.1) is 24.9 Å². The predicted octanol–water partition coefficient (Wildman–Crippen LogP) is 4.61. The van der Waals surface area contributed by atoms with Crippen molar-refractivity contribution >= 4 is 0 Å². The first kappa shape index (κ1) is 21.1. The molecule has 0 radical (unpaired) electrons. The van der Waals surface area contributed by atoms with Crippen LogP contribution in [0.2, 0.25) is 0 Å². The SMILES string of the molecule is C/C(=C\CO)CC[C@H]1OC(C)(C)O[C@@]1(C)CCCOCc1ccccc1. The molecule has 0 aromatic heterocycles. The Labute approximate surface area is 158 Å². The highest BCUT2D eigenvalue weighted by molar-refractivity contribution is 5.13. The van der Waals surface area contributed by atoms with Crippen LogP contribution in [0.1, 0.15) is 58.9 Å². The van der Waals surface area contributed by atoms with E-state index in [2.05, 4.69) is 19.1 Å². The van der Waals surface area contributed by atoms with E-state index in [4.69, 9.17) is 19.3 Å². The summed E-state index contributed by atoms with van der Waals surface area (Å²) in [6, 6.07) is 10.2. The number of hydrogen-bond donors (Lipinski definition) is 1. The molecule has 1 N–H and O–H groups in total. The molecule has 4 heteroatoms. The van der Waals surface area contributed by atoms with Gasteiger partial charge in [0.15, 0.2) is 5.79 Å². The van der Waals surface area contributed by atoms with E-state index in [0.29, 0.717) is 13.2 Å². The van der Waals surface area contributed by atoms with Gasteiger partial charge in [-0.25, -0.2) is 0 Å². The van der Waals surface area contributed by atoms with E-state index in [1.54, 1.807) is 0 Å². The summed E-state index contributed by atoms with van der Waals surface area (Å²) in [5.41, 5.74) is 2.08. The Kier molecular flexibility index (Phi) is 7.84. The summed E-state index contributed by atoms with van der Waals surface area (Å²) >= 11 is 0. The van der Waals surface area contributed by atoms with Gasteiger partial charge in [0.2, 0.25) is 0 Å². The van der Waals surface area contributed by atoms with Crippen molar-refractivity contribution < 1.29 is 19.3 Å². The molecule has 4 nitrogen and oxygen atoms in total. The molecule has 0 unspecified atom stereocenters. The van der Waals surface area contributed by atoms with Crippen molar-refractivity contribution in [3.63, 3.8) is 0 Å². The number of rotatable bonds is 10. The van der Waals surface area contributed by atoms with E-state index < -0.39 is 5.79 Å². The number of hydrogen-bond acceptors (Lipinski definition) is 4. The van der Waals surface area contributed by atoms with E-state index in [-0.39, 0.29) is 18.3 Å². The zero-order chi connectivity index (χ0) is 19.0. The first-order valence-corrected chi connectivity index (χ1v) is 9.61. The van der Waals surface area contributed by atoms with Crippen LogP contribution in [0.5, 0.6) is 0 Å². The summed E-state index contributed by atoms with van der Waals surface area (Å²) in [4.78, 5) is 0. The van der Waals surface area contributed by atoms with Crippen LogP contribution in [0.15, 0.2) is 42.0 Å². The molecule has 2 atom stereocenters. The molecular formula is C22H34O4. The number of benzene rings is 1. The van der Waals surface area contributed by atoms with Crippen molar-refractivity contribution in [1.82, 2.24) is 0 Å². The molecule has 0 saturated carbocycles.